The van der Waals surface area contributed by atoms with E-state index in [0.29, 0.717) is 0 Å². The first-order chi connectivity index (χ1) is 14.8. The van der Waals surface area contributed by atoms with E-state index in [-0.39, 0.29) is 0 Å². The molecule has 2 aromatic carbocycles. The molecule has 5 aromatic rings. The molecule has 148 valence electrons. The molecule has 0 spiro atoms. The molecule has 3 aromatic heterocycles. The summed E-state index contributed by atoms with van der Waals surface area (Å²) in [5.41, 5.74) is 6.61. The lowest BCUT2D eigenvalue weighted by molar-refractivity contribution is 0.717. The van der Waals surface area contributed by atoms with E-state index in [9.17, 15) is 0 Å². The first kappa shape index (κ1) is 18.5. The molecule has 0 saturated carbocycles. The average molecular weight is 393 g/mol. The van der Waals surface area contributed by atoms with Crippen LogP contribution in [0.2, 0.25) is 0 Å². The standard InChI is InChI=1S/C26H24N4/c1-2-3-4-7-19-10-12-20(13-11-19)21-15-17-30-25(18-21)28-29-26(30)23-14-16-27-24-9-6-5-8-22(23)24/h5-6,8-18H,2-4,7H2,1H3. The van der Waals surface area contributed by atoms with Crippen LogP contribution >= 0.6 is 0 Å². The zero-order chi connectivity index (χ0) is 20.3. The van der Waals surface area contributed by atoms with Crippen LogP contribution in [0.1, 0.15) is 31.7 Å². The lowest BCUT2D eigenvalue weighted by atomic mass is 10.0. The molecule has 30 heavy (non-hydrogen) atoms. The van der Waals surface area contributed by atoms with Crippen LogP contribution in [-0.4, -0.2) is 19.6 Å². The van der Waals surface area contributed by atoms with Crippen molar-refractivity contribution < 1.29 is 0 Å². The van der Waals surface area contributed by atoms with Crippen LogP contribution < -0.4 is 0 Å². The second kappa shape index (κ2) is 8.07. The molecule has 3 heterocycles. The van der Waals surface area contributed by atoms with Gasteiger partial charge in [-0.05, 0) is 53.8 Å². The number of aryl methyl sites for hydroxylation is 1. The van der Waals surface area contributed by atoms with Crippen LogP contribution in [0.15, 0.2) is 79.1 Å². The third-order valence-electron chi connectivity index (χ3n) is 5.66. The number of pyridine rings is 2. The highest BCUT2D eigenvalue weighted by Crippen LogP contribution is 2.28. The molecule has 5 rings (SSSR count). The Balaban J connectivity index is 1.48. The summed E-state index contributed by atoms with van der Waals surface area (Å²) >= 11 is 0. The molecule has 0 unspecified atom stereocenters. The minimum absolute atomic E-state index is 0.835. The Morgan fingerprint density at radius 2 is 1.70 bits per heavy atom. The van der Waals surface area contributed by atoms with Gasteiger partial charge in [0, 0.05) is 23.3 Å². The molecular weight excluding hydrogens is 368 g/mol. The van der Waals surface area contributed by atoms with Crippen molar-refractivity contribution in [2.24, 2.45) is 0 Å². The lowest BCUT2D eigenvalue weighted by Crippen LogP contribution is -1.92. The number of nitrogens with zero attached hydrogens (tertiary/aromatic N) is 4. The van der Waals surface area contributed by atoms with Gasteiger partial charge in [-0.3, -0.25) is 9.38 Å². The smallest absolute Gasteiger partial charge is 0.169 e. The Hall–Kier alpha value is -3.53. The van der Waals surface area contributed by atoms with Gasteiger partial charge in [-0.2, -0.15) is 0 Å². The maximum Gasteiger partial charge on any atom is 0.169 e. The fourth-order valence-electron chi connectivity index (χ4n) is 3.99. The van der Waals surface area contributed by atoms with Crippen LogP contribution in [0.4, 0.5) is 0 Å². The van der Waals surface area contributed by atoms with E-state index in [2.05, 4.69) is 70.8 Å². The maximum atomic E-state index is 4.49. The van der Waals surface area contributed by atoms with E-state index in [1.54, 1.807) is 0 Å². The number of unbranched alkanes of at least 4 members (excludes halogenated alkanes) is 2. The molecule has 0 aliphatic heterocycles. The third kappa shape index (κ3) is 3.45. The molecular formula is C26H24N4. The molecule has 0 aliphatic carbocycles. The molecule has 4 heteroatoms. The van der Waals surface area contributed by atoms with Gasteiger partial charge in [-0.25, -0.2) is 0 Å². The Morgan fingerprint density at radius 1 is 0.833 bits per heavy atom. The van der Waals surface area contributed by atoms with Crippen LogP contribution in [0.25, 0.3) is 39.1 Å². The molecule has 0 bridgehead atoms. The lowest BCUT2D eigenvalue weighted by Gasteiger charge is -2.07. The zero-order valence-electron chi connectivity index (χ0n) is 17.1. The Kier molecular flexibility index (Phi) is 4.98. The van der Waals surface area contributed by atoms with Crippen molar-refractivity contribution in [3.05, 3.63) is 84.7 Å². The van der Waals surface area contributed by atoms with E-state index < -0.39 is 0 Å². The van der Waals surface area contributed by atoms with Crippen molar-refractivity contribution in [3.63, 3.8) is 0 Å². The summed E-state index contributed by atoms with van der Waals surface area (Å²) in [6, 6.07) is 23.3. The number of hydrogen-bond acceptors (Lipinski definition) is 3. The van der Waals surface area contributed by atoms with Crippen LogP contribution in [0, 0.1) is 0 Å². The minimum atomic E-state index is 0.835. The highest BCUT2D eigenvalue weighted by atomic mass is 15.2. The normalized spacial score (nSPS) is 11.4. The summed E-state index contributed by atoms with van der Waals surface area (Å²) < 4.78 is 2.05. The SMILES string of the molecule is CCCCCc1ccc(-c2ccn3c(-c4ccnc5ccccc45)nnc3c2)cc1. The quantitative estimate of drug-likeness (QED) is 0.316. The van der Waals surface area contributed by atoms with E-state index in [4.69, 9.17) is 0 Å². The van der Waals surface area contributed by atoms with Gasteiger partial charge in [-0.15, -0.1) is 10.2 Å². The predicted octanol–water partition coefficient (Wildman–Crippen LogP) is 6.34. The second-order valence-electron chi connectivity index (χ2n) is 7.70. The van der Waals surface area contributed by atoms with Crippen LogP contribution in [0.3, 0.4) is 0 Å². The molecule has 0 radical (unpaired) electrons. The first-order valence-electron chi connectivity index (χ1n) is 10.6. The van der Waals surface area contributed by atoms with Gasteiger partial charge in [0.25, 0.3) is 0 Å². The van der Waals surface area contributed by atoms with E-state index in [1.807, 2.05) is 34.9 Å². The second-order valence-corrected chi connectivity index (χ2v) is 7.70. The molecule has 4 nitrogen and oxygen atoms in total. The molecule has 0 aliphatic rings. The summed E-state index contributed by atoms with van der Waals surface area (Å²) in [4.78, 5) is 4.46. The van der Waals surface area contributed by atoms with Crippen molar-refractivity contribution in [2.45, 2.75) is 32.6 Å². The van der Waals surface area contributed by atoms with Crippen molar-refractivity contribution in [1.29, 1.82) is 0 Å². The number of para-hydroxylation sites is 1. The topological polar surface area (TPSA) is 43.1 Å². The van der Waals surface area contributed by atoms with E-state index in [0.717, 1.165) is 39.9 Å². The summed E-state index contributed by atoms with van der Waals surface area (Å²) in [5, 5.41) is 10.0. The summed E-state index contributed by atoms with van der Waals surface area (Å²) in [7, 11) is 0. The van der Waals surface area contributed by atoms with Crippen molar-refractivity contribution >= 4 is 16.6 Å². The number of rotatable bonds is 6. The van der Waals surface area contributed by atoms with E-state index in [1.165, 1.54) is 30.4 Å². The van der Waals surface area contributed by atoms with Crippen LogP contribution in [-0.2, 0) is 6.42 Å². The molecule has 0 fully saturated rings. The van der Waals surface area contributed by atoms with Gasteiger partial charge in [0.15, 0.2) is 11.5 Å². The Morgan fingerprint density at radius 3 is 2.57 bits per heavy atom. The summed E-state index contributed by atoms with van der Waals surface area (Å²) in [6.45, 7) is 2.24. The zero-order valence-corrected chi connectivity index (χ0v) is 17.1. The number of benzene rings is 2. The molecule has 0 N–H and O–H groups in total. The van der Waals surface area contributed by atoms with Gasteiger partial charge in [0.05, 0.1) is 5.52 Å². The predicted molar refractivity (Wildman–Crippen MR) is 122 cm³/mol. The number of hydrogen-bond donors (Lipinski definition) is 0. The number of fused-ring (bicyclic) bond motifs is 2. The van der Waals surface area contributed by atoms with E-state index >= 15 is 0 Å². The fraction of sp³-hybridized carbons (Fsp3) is 0.192. The fourth-order valence-corrected chi connectivity index (χ4v) is 3.99. The van der Waals surface area contributed by atoms with Gasteiger partial charge >= 0.3 is 0 Å². The van der Waals surface area contributed by atoms with Crippen molar-refractivity contribution in [2.75, 3.05) is 0 Å². The van der Waals surface area contributed by atoms with Crippen LogP contribution in [0.5, 0.6) is 0 Å². The highest BCUT2D eigenvalue weighted by molar-refractivity contribution is 5.92. The molecule has 0 amide bonds. The van der Waals surface area contributed by atoms with Crippen molar-refractivity contribution in [3.8, 4) is 22.5 Å². The van der Waals surface area contributed by atoms with Gasteiger partial charge in [0.2, 0.25) is 0 Å². The van der Waals surface area contributed by atoms with Crippen molar-refractivity contribution in [1.82, 2.24) is 19.6 Å². The minimum Gasteiger partial charge on any atom is -0.282 e. The Labute approximate surface area is 176 Å². The summed E-state index contributed by atoms with van der Waals surface area (Å²) in [6.07, 6.45) is 8.85. The summed E-state index contributed by atoms with van der Waals surface area (Å²) in [5.74, 6) is 0.835. The third-order valence-corrected chi connectivity index (χ3v) is 5.66. The van der Waals surface area contributed by atoms with Gasteiger partial charge in [-0.1, -0.05) is 62.2 Å². The maximum absolute atomic E-state index is 4.49. The molecule has 0 atom stereocenters. The molecule has 0 saturated heterocycles. The Bertz CT molecular complexity index is 1300. The number of aromatic nitrogens is 4. The monoisotopic (exact) mass is 392 g/mol. The highest BCUT2D eigenvalue weighted by Gasteiger charge is 2.12. The van der Waals surface area contributed by atoms with Gasteiger partial charge < -0.3 is 0 Å². The first-order valence-corrected chi connectivity index (χ1v) is 10.6. The largest absolute Gasteiger partial charge is 0.282 e. The average Bonchev–Trinajstić information content (AvgIpc) is 3.22. The van der Waals surface area contributed by atoms with Gasteiger partial charge in [0.1, 0.15) is 0 Å².